The molecule has 3 atom stereocenters. The second kappa shape index (κ2) is 4.56. The smallest absolute Gasteiger partial charge is 0.157 e. The molecule has 2 bridgehead atoms. The number of benzene rings is 1. The van der Waals surface area contributed by atoms with Gasteiger partial charge in [0.15, 0.2) is 8.07 Å². The molecule has 0 saturated heterocycles. The van der Waals surface area contributed by atoms with Crippen molar-refractivity contribution in [1.82, 2.24) is 0 Å². The summed E-state index contributed by atoms with van der Waals surface area (Å²) in [7, 11) is -1.99. The highest BCUT2D eigenvalue weighted by Gasteiger charge is 2.57. The highest BCUT2D eigenvalue weighted by atomic mass is 28.3. The standard InChI is InChI=1S/C18H26OSi/c1-18(2)13-10-11-15(16(18)12-13)17(19)20(3,4)14-8-6-5-7-9-14/h5-9,13,15-16H,10-12H2,1-4H3/t13-,15-,16-/m0/s1. The van der Waals surface area contributed by atoms with Gasteiger partial charge in [-0.05, 0) is 36.5 Å². The minimum atomic E-state index is -1.99. The molecule has 1 aromatic carbocycles. The summed E-state index contributed by atoms with van der Waals surface area (Å²) in [6.07, 6.45) is 3.70. The number of rotatable bonds is 3. The maximum absolute atomic E-state index is 13.2. The first-order chi connectivity index (χ1) is 9.35. The summed E-state index contributed by atoms with van der Waals surface area (Å²) in [5.74, 6) is 1.85. The van der Waals surface area contributed by atoms with Crippen molar-refractivity contribution >= 4 is 18.7 Å². The fourth-order valence-electron chi connectivity index (χ4n) is 4.59. The molecule has 1 nitrogen and oxygen atoms in total. The molecule has 3 saturated carbocycles. The highest BCUT2D eigenvalue weighted by Crippen LogP contribution is 2.61. The second-order valence-corrected chi connectivity index (χ2v) is 12.2. The van der Waals surface area contributed by atoms with Gasteiger partial charge in [-0.25, -0.2) is 0 Å². The molecule has 4 rings (SSSR count). The molecule has 0 spiro atoms. The average molecular weight is 286 g/mol. The van der Waals surface area contributed by atoms with Gasteiger partial charge in [-0.1, -0.05) is 62.5 Å². The first kappa shape index (κ1) is 14.1. The topological polar surface area (TPSA) is 17.1 Å². The van der Waals surface area contributed by atoms with Crippen LogP contribution >= 0.6 is 0 Å². The molecule has 2 heteroatoms. The summed E-state index contributed by atoms with van der Waals surface area (Å²) in [5, 5.41) is 1.89. The molecular formula is C18H26OSi. The molecule has 20 heavy (non-hydrogen) atoms. The van der Waals surface area contributed by atoms with Crippen LogP contribution in [0.5, 0.6) is 0 Å². The van der Waals surface area contributed by atoms with Crippen LogP contribution in [-0.4, -0.2) is 13.5 Å². The van der Waals surface area contributed by atoms with Gasteiger partial charge in [-0.15, -0.1) is 0 Å². The van der Waals surface area contributed by atoms with Crippen LogP contribution in [0.2, 0.25) is 13.1 Å². The van der Waals surface area contributed by atoms with E-state index in [0.29, 0.717) is 22.7 Å². The van der Waals surface area contributed by atoms with E-state index < -0.39 is 8.07 Å². The van der Waals surface area contributed by atoms with Crippen molar-refractivity contribution in [2.45, 2.75) is 46.2 Å². The summed E-state index contributed by atoms with van der Waals surface area (Å²) in [5.41, 5.74) is 0.403. The average Bonchev–Trinajstić information content (AvgIpc) is 2.47. The maximum atomic E-state index is 13.2. The Morgan fingerprint density at radius 3 is 2.35 bits per heavy atom. The molecule has 0 radical (unpaired) electrons. The number of hydrogen-bond acceptors (Lipinski definition) is 1. The molecule has 3 aliphatic carbocycles. The molecular weight excluding hydrogens is 260 g/mol. The lowest BCUT2D eigenvalue weighted by atomic mass is 9.46. The van der Waals surface area contributed by atoms with E-state index in [-0.39, 0.29) is 0 Å². The normalized spacial score (nSPS) is 31.5. The van der Waals surface area contributed by atoms with Crippen LogP contribution in [0.4, 0.5) is 0 Å². The Morgan fingerprint density at radius 2 is 1.80 bits per heavy atom. The molecule has 0 unspecified atom stereocenters. The van der Waals surface area contributed by atoms with Crippen LogP contribution in [0.1, 0.15) is 33.1 Å². The van der Waals surface area contributed by atoms with Gasteiger partial charge < -0.3 is 4.79 Å². The van der Waals surface area contributed by atoms with Crippen LogP contribution in [0.15, 0.2) is 30.3 Å². The Morgan fingerprint density at radius 1 is 1.15 bits per heavy atom. The second-order valence-electron chi connectivity index (χ2n) is 7.90. The van der Waals surface area contributed by atoms with Gasteiger partial charge in [0.05, 0.1) is 0 Å². The number of carbonyl (C=O) groups is 1. The monoisotopic (exact) mass is 286 g/mol. The van der Waals surface area contributed by atoms with Crippen molar-refractivity contribution in [3.05, 3.63) is 30.3 Å². The minimum absolute atomic E-state index is 0.330. The van der Waals surface area contributed by atoms with Crippen molar-refractivity contribution in [1.29, 1.82) is 0 Å². The third kappa shape index (κ3) is 1.92. The SMILES string of the molecule is CC1(C)[C@H]2CC[C@H](C(=O)[Si](C)(C)c3ccccc3)[C@@H]1C2. The largest absolute Gasteiger partial charge is 0.305 e. The predicted octanol–water partition coefficient (Wildman–Crippen LogP) is 3.78. The maximum Gasteiger partial charge on any atom is 0.157 e. The van der Waals surface area contributed by atoms with E-state index in [0.717, 1.165) is 12.3 Å². The number of fused-ring (bicyclic) bond motifs is 2. The van der Waals surface area contributed by atoms with Gasteiger partial charge in [0, 0.05) is 5.92 Å². The fraction of sp³-hybridized carbons (Fsp3) is 0.611. The number of hydrogen-bond donors (Lipinski definition) is 0. The summed E-state index contributed by atoms with van der Waals surface area (Å²) in [4.78, 5) is 13.2. The molecule has 1 aromatic rings. The molecule has 0 amide bonds. The Balaban J connectivity index is 1.86. The van der Waals surface area contributed by atoms with Crippen molar-refractivity contribution < 1.29 is 4.79 Å². The van der Waals surface area contributed by atoms with Crippen LogP contribution in [-0.2, 0) is 4.79 Å². The van der Waals surface area contributed by atoms with Gasteiger partial charge >= 0.3 is 0 Å². The molecule has 108 valence electrons. The van der Waals surface area contributed by atoms with Gasteiger partial charge in [0.1, 0.15) is 5.41 Å². The van der Waals surface area contributed by atoms with E-state index in [1.54, 1.807) is 0 Å². The zero-order chi connectivity index (χ0) is 14.5. The van der Waals surface area contributed by atoms with Crippen LogP contribution in [0, 0.1) is 23.2 Å². The third-order valence-corrected chi connectivity index (χ3v) is 9.69. The predicted molar refractivity (Wildman–Crippen MR) is 86.7 cm³/mol. The van der Waals surface area contributed by atoms with Gasteiger partial charge in [-0.2, -0.15) is 0 Å². The molecule has 3 fully saturated rings. The van der Waals surface area contributed by atoms with E-state index in [1.807, 2.05) is 6.07 Å². The molecule has 3 aliphatic rings. The molecule has 0 aliphatic heterocycles. The third-order valence-electron chi connectivity index (χ3n) is 6.31. The summed E-state index contributed by atoms with van der Waals surface area (Å²) in [6, 6.07) is 10.5. The summed E-state index contributed by atoms with van der Waals surface area (Å²) < 4.78 is 0. The van der Waals surface area contributed by atoms with Crippen LogP contribution in [0.25, 0.3) is 0 Å². The van der Waals surface area contributed by atoms with Gasteiger partial charge in [-0.3, -0.25) is 0 Å². The Hall–Kier alpha value is -0.893. The lowest BCUT2D eigenvalue weighted by Crippen LogP contribution is -2.60. The van der Waals surface area contributed by atoms with E-state index >= 15 is 0 Å². The van der Waals surface area contributed by atoms with E-state index in [4.69, 9.17) is 0 Å². The van der Waals surface area contributed by atoms with E-state index in [9.17, 15) is 4.79 Å². The zero-order valence-corrected chi connectivity index (χ0v) is 14.1. The van der Waals surface area contributed by atoms with Crippen LogP contribution in [0.3, 0.4) is 0 Å². The van der Waals surface area contributed by atoms with Crippen molar-refractivity contribution in [3.8, 4) is 0 Å². The molecule has 0 heterocycles. The minimum Gasteiger partial charge on any atom is -0.305 e. The van der Waals surface area contributed by atoms with Gasteiger partial charge in [0.25, 0.3) is 0 Å². The van der Waals surface area contributed by atoms with Crippen molar-refractivity contribution in [3.63, 3.8) is 0 Å². The summed E-state index contributed by atoms with van der Waals surface area (Å²) >= 11 is 0. The zero-order valence-electron chi connectivity index (χ0n) is 13.1. The van der Waals surface area contributed by atoms with Crippen molar-refractivity contribution in [2.75, 3.05) is 0 Å². The van der Waals surface area contributed by atoms with E-state index in [2.05, 4.69) is 51.2 Å². The number of carbonyl (C=O) groups excluding carboxylic acids is 1. The molecule has 0 N–H and O–H groups in total. The Kier molecular flexibility index (Phi) is 3.20. The van der Waals surface area contributed by atoms with Gasteiger partial charge in [0.2, 0.25) is 0 Å². The molecule has 0 aromatic heterocycles. The summed E-state index contributed by atoms with van der Waals surface area (Å²) in [6.45, 7) is 9.23. The lowest BCUT2D eigenvalue weighted by molar-refractivity contribution is -0.139. The lowest BCUT2D eigenvalue weighted by Gasteiger charge is -2.60. The first-order valence-corrected chi connectivity index (χ1v) is 10.9. The Labute approximate surface area is 123 Å². The van der Waals surface area contributed by atoms with Crippen LogP contribution < -0.4 is 5.19 Å². The first-order valence-electron chi connectivity index (χ1n) is 7.95. The Bertz CT molecular complexity index is 515. The highest BCUT2D eigenvalue weighted by molar-refractivity contribution is 7.13. The van der Waals surface area contributed by atoms with Crippen molar-refractivity contribution in [2.24, 2.45) is 23.2 Å². The van der Waals surface area contributed by atoms with E-state index in [1.165, 1.54) is 18.0 Å². The fourth-order valence-corrected chi connectivity index (χ4v) is 7.17. The quantitative estimate of drug-likeness (QED) is 0.773.